The molecule has 0 saturated heterocycles. The van der Waals surface area contributed by atoms with Crippen LogP contribution in [-0.2, 0) is 0 Å². The van der Waals surface area contributed by atoms with Crippen LogP contribution in [0, 0.1) is 18.6 Å². The molecule has 1 N–H and O–H groups in total. The third-order valence-corrected chi connectivity index (χ3v) is 2.92. The van der Waals surface area contributed by atoms with Gasteiger partial charge in [0.15, 0.2) is 11.6 Å². The SMILES string of the molecule is Cc1ccc(/C=C/CCNC2CC2)c(F)c1F. The fraction of sp³-hybridized carbons (Fsp3) is 0.429. The highest BCUT2D eigenvalue weighted by atomic mass is 19.2. The summed E-state index contributed by atoms with van der Waals surface area (Å²) in [7, 11) is 0. The zero-order valence-corrected chi connectivity index (χ0v) is 9.97. The zero-order valence-electron chi connectivity index (χ0n) is 9.97. The van der Waals surface area contributed by atoms with Crippen LogP contribution in [-0.4, -0.2) is 12.6 Å². The van der Waals surface area contributed by atoms with Crippen molar-refractivity contribution in [2.45, 2.75) is 32.2 Å². The van der Waals surface area contributed by atoms with Gasteiger partial charge >= 0.3 is 0 Å². The van der Waals surface area contributed by atoms with E-state index >= 15 is 0 Å². The van der Waals surface area contributed by atoms with E-state index in [9.17, 15) is 8.78 Å². The normalized spacial score (nSPS) is 15.7. The second-order valence-corrected chi connectivity index (χ2v) is 4.52. The number of hydrogen-bond acceptors (Lipinski definition) is 1. The summed E-state index contributed by atoms with van der Waals surface area (Å²) in [6.45, 7) is 2.46. The number of hydrogen-bond donors (Lipinski definition) is 1. The van der Waals surface area contributed by atoms with Gasteiger partial charge < -0.3 is 5.32 Å². The van der Waals surface area contributed by atoms with E-state index in [1.54, 1.807) is 25.1 Å². The molecule has 0 aromatic heterocycles. The van der Waals surface area contributed by atoms with Gasteiger partial charge in [0.2, 0.25) is 0 Å². The van der Waals surface area contributed by atoms with Crippen molar-refractivity contribution in [1.82, 2.24) is 5.32 Å². The Kier molecular flexibility index (Phi) is 3.89. The molecule has 17 heavy (non-hydrogen) atoms. The molecular weight excluding hydrogens is 220 g/mol. The lowest BCUT2D eigenvalue weighted by molar-refractivity contribution is 0.501. The predicted molar refractivity (Wildman–Crippen MR) is 65.8 cm³/mol. The van der Waals surface area contributed by atoms with E-state index < -0.39 is 11.6 Å². The number of rotatable bonds is 5. The van der Waals surface area contributed by atoms with Crippen LogP contribution < -0.4 is 5.32 Å². The zero-order chi connectivity index (χ0) is 12.3. The summed E-state index contributed by atoms with van der Waals surface area (Å²) in [5.74, 6) is -1.50. The van der Waals surface area contributed by atoms with Gasteiger partial charge in [-0.15, -0.1) is 0 Å². The number of aryl methyl sites for hydroxylation is 1. The molecule has 1 aliphatic carbocycles. The van der Waals surface area contributed by atoms with Crippen LogP contribution in [0.2, 0.25) is 0 Å². The summed E-state index contributed by atoms with van der Waals surface area (Å²) in [4.78, 5) is 0. The Morgan fingerprint density at radius 3 is 2.76 bits per heavy atom. The molecule has 1 nitrogen and oxygen atoms in total. The number of benzene rings is 1. The summed E-state index contributed by atoms with van der Waals surface area (Å²) in [5, 5.41) is 3.36. The van der Waals surface area contributed by atoms with Gasteiger partial charge in [0.25, 0.3) is 0 Å². The highest BCUT2D eigenvalue weighted by Crippen LogP contribution is 2.19. The molecule has 0 radical (unpaired) electrons. The summed E-state index contributed by atoms with van der Waals surface area (Å²) in [6, 6.07) is 3.90. The summed E-state index contributed by atoms with van der Waals surface area (Å²) >= 11 is 0. The van der Waals surface area contributed by atoms with Gasteiger partial charge in [-0.3, -0.25) is 0 Å². The van der Waals surface area contributed by atoms with Crippen molar-refractivity contribution in [2.24, 2.45) is 0 Å². The Hall–Kier alpha value is -1.22. The summed E-state index contributed by atoms with van der Waals surface area (Å²) < 4.78 is 26.7. The second kappa shape index (κ2) is 5.41. The van der Waals surface area contributed by atoms with Crippen LogP contribution >= 0.6 is 0 Å². The first kappa shape index (κ1) is 12.2. The number of nitrogens with one attached hydrogen (secondary N) is 1. The number of halogens is 2. The van der Waals surface area contributed by atoms with Crippen LogP contribution in [0.1, 0.15) is 30.4 Å². The quantitative estimate of drug-likeness (QED) is 0.774. The van der Waals surface area contributed by atoms with E-state index in [-0.39, 0.29) is 0 Å². The standard InChI is InChI=1S/C14H17F2N/c1-10-5-6-11(14(16)13(10)15)4-2-3-9-17-12-7-8-12/h2,4-6,12,17H,3,7-9H2,1H3/b4-2+. The highest BCUT2D eigenvalue weighted by Gasteiger charge is 2.19. The third-order valence-electron chi connectivity index (χ3n) is 2.92. The Morgan fingerprint density at radius 1 is 1.29 bits per heavy atom. The van der Waals surface area contributed by atoms with Crippen molar-refractivity contribution >= 4 is 6.08 Å². The lowest BCUT2D eigenvalue weighted by Gasteiger charge is -2.02. The van der Waals surface area contributed by atoms with Crippen molar-refractivity contribution in [3.8, 4) is 0 Å². The molecule has 1 fully saturated rings. The van der Waals surface area contributed by atoms with Gasteiger partial charge in [0.1, 0.15) is 0 Å². The Balaban J connectivity index is 1.88. The van der Waals surface area contributed by atoms with Crippen LogP contribution in [0.4, 0.5) is 8.78 Å². The molecule has 1 aromatic carbocycles. The lowest BCUT2D eigenvalue weighted by atomic mass is 10.1. The largest absolute Gasteiger partial charge is 0.314 e. The molecule has 1 aliphatic rings. The van der Waals surface area contributed by atoms with Gasteiger partial charge in [-0.05, 0) is 38.3 Å². The lowest BCUT2D eigenvalue weighted by Crippen LogP contribution is -2.16. The molecule has 0 spiro atoms. The Labute approximate surface area is 101 Å². The van der Waals surface area contributed by atoms with Gasteiger partial charge in [-0.1, -0.05) is 24.3 Å². The molecule has 1 saturated carbocycles. The van der Waals surface area contributed by atoms with Crippen molar-refractivity contribution in [3.63, 3.8) is 0 Å². The van der Waals surface area contributed by atoms with Gasteiger partial charge in [0, 0.05) is 11.6 Å². The molecule has 3 heteroatoms. The molecular formula is C14H17F2N. The molecule has 0 bridgehead atoms. The average Bonchev–Trinajstić information content (AvgIpc) is 3.12. The van der Waals surface area contributed by atoms with Crippen molar-refractivity contribution in [1.29, 1.82) is 0 Å². The van der Waals surface area contributed by atoms with Gasteiger partial charge in [0.05, 0.1) is 0 Å². The smallest absolute Gasteiger partial charge is 0.166 e. The molecule has 2 rings (SSSR count). The van der Waals surface area contributed by atoms with E-state index in [1.807, 2.05) is 6.08 Å². The summed E-state index contributed by atoms with van der Waals surface area (Å²) in [5.41, 5.74) is 0.662. The fourth-order valence-corrected chi connectivity index (χ4v) is 1.66. The van der Waals surface area contributed by atoms with Gasteiger partial charge in [-0.2, -0.15) is 0 Å². The molecule has 1 aromatic rings. The first-order valence-electron chi connectivity index (χ1n) is 6.03. The van der Waals surface area contributed by atoms with Crippen LogP contribution in [0.15, 0.2) is 18.2 Å². The van der Waals surface area contributed by atoms with Crippen molar-refractivity contribution in [3.05, 3.63) is 41.0 Å². The minimum Gasteiger partial charge on any atom is -0.314 e. The summed E-state index contributed by atoms with van der Waals surface area (Å²) in [6.07, 6.45) is 6.89. The minimum absolute atomic E-state index is 0.319. The third kappa shape index (κ3) is 3.37. The van der Waals surface area contributed by atoms with Gasteiger partial charge in [-0.25, -0.2) is 8.78 Å². The van der Waals surface area contributed by atoms with E-state index in [0.29, 0.717) is 17.2 Å². The van der Waals surface area contributed by atoms with E-state index in [2.05, 4.69) is 5.32 Å². The molecule has 0 atom stereocenters. The molecule has 0 heterocycles. The monoisotopic (exact) mass is 237 g/mol. The molecule has 0 aliphatic heterocycles. The van der Waals surface area contributed by atoms with E-state index in [1.165, 1.54) is 12.8 Å². The van der Waals surface area contributed by atoms with E-state index in [0.717, 1.165) is 13.0 Å². The first-order chi connectivity index (χ1) is 8.18. The molecule has 0 unspecified atom stereocenters. The maximum atomic E-state index is 13.5. The second-order valence-electron chi connectivity index (χ2n) is 4.52. The maximum Gasteiger partial charge on any atom is 0.166 e. The van der Waals surface area contributed by atoms with Crippen LogP contribution in [0.25, 0.3) is 6.08 Å². The van der Waals surface area contributed by atoms with E-state index in [4.69, 9.17) is 0 Å². The minimum atomic E-state index is -0.753. The molecule has 92 valence electrons. The van der Waals surface area contributed by atoms with Crippen molar-refractivity contribution < 1.29 is 8.78 Å². The average molecular weight is 237 g/mol. The first-order valence-corrected chi connectivity index (χ1v) is 6.03. The highest BCUT2D eigenvalue weighted by molar-refractivity contribution is 5.50. The van der Waals surface area contributed by atoms with Crippen molar-refractivity contribution in [2.75, 3.05) is 6.54 Å². The predicted octanol–water partition coefficient (Wildman–Crippen LogP) is 3.43. The Bertz CT molecular complexity index is 422. The molecule has 0 amide bonds. The van der Waals surface area contributed by atoms with Crippen LogP contribution in [0.5, 0.6) is 0 Å². The van der Waals surface area contributed by atoms with Crippen LogP contribution in [0.3, 0.4) is 0 Å². The fourth-order valence-electron chi connectivity index (χ4n) is 1.66. The maximum absolute atomic E-state index is 13.5. The topological polar surface area (TPSA) is 12.0 Å². The Morgan fingerprint density at radius 2 is 2.06 bits per heavy atom.